The maximum absolute atomic E-state index is 12.6. The van der Waals surface area contributed by atoms with Crippen LogP contribution in [-0.2, 0) is 0 Å². The van der Waals surface area contributed by atoms with E-state index in [4.69, 9.17) is 9.15 Å². The van der Waals surface area contributed by atoms with Crippen molar-refractivity contribution in [3.8, 4) is 17.3 Å². The van der Waals surface area contributed by atoms with Gasteiger partial charge in [0.15, 0.2) is 0 Å². The predicted molar refractivity (Wildman–Crippen MR) is 116 cm³/mol. The van der Waals surface area contributed by atoms with Crippen LogP contribution in [0.3, 0.4) is 0 Å². The largest absolute Gasteiger partial charge is 0.493 e. The van der Waals surface area contributed by atoms with Crippen molar-refractivity contribution in [3.05, 3.63) is 59.0 Å². The van der Waals surface area contributed by atoms with Gasteiger partial charge in [0.2, 0.25) is 5.89 Å². The molecule has 2 heterocycles. The van der Waals surface area contributed by atoms with E-state index in [1.165, 1.54) is 12.8 Å². The van der Waals surface area contributed by atoms with Crippen LogP contribution in [0.2, 0.25) is 0 Å². The summed E-state index contributed by atoms with van der Waals surface area (Å²) in [4.78, 5) is 20.4. The summed E-state index contributed by atoms with van der Waals surface area (Å²) in [5.41, 5.74) is 1.85. The van der Waals surface area contributed by atoms with Crippen molar-refractivity contribution in [1.82, 2.24) is 9.97 Å². The quantitative estimate of drug-likeness (QED) is 0.405. The number of hydrogen-bond donors (Lipinski definition) is 1. The second kappa shape index (κ2) is 8.52. The minimum atomic E-state index is -0.410. The Balaban J connectivity index is 1.59. The molecule has 2 aromatic carbocycles. The second-order valence-electron chi connectivity index (χ2n) is 7.48. The maximum Gasteiger partial charge on any atom is 0.347 e. The van der Waals surface area contributed by atoms with Gasteiger partial charge in [-0.2, -0.15) is 0 Å². The number of unbranched alkanes of at least 4 members (excludes halogenated alkanes) is 1. The molecule has 150 valence electrons. The summed E-state index contributed by atoms with van der Waals surface area (Å²) < 4.78 is 11.5. The van der Waals surface area contributed by atoms with Gasteiger partial charge in [0, 0.05) is 10.9 Å². The number of ether oxygens (including phenoxy) is 1. The Kier molecular flexibility index (Phi) is 5.65. The lowest BCUT2D eigenvalue weighted by atomic mass is 10.0. The molecule has 1 unspecified atom stereocenters. The van der Waals surface area contributed by atoms with Crippen LogP contribution in [0.5, 0.6) is 5.75 Å². The number of para-hydroxylation sites is 1. The van der Waals surface area contributed by atoms with Crippen molar-refractivity contribution in [2.45, 2.75) is 39.5 Å². The normalized spacial score (nSPS) is 12.5. The van der Waals surface area contributed by atoms with E-state index in [1.54, 1.807) is 6.07 Å². The summed E-state index contributed by atoms with van der Waals surface area (Å²) in [6, 6.07) is 15.3. The molecule has 0 radical (unpaired) electrons. The zero-order valence-corrected chi connectivity index (χ0v) is 16.9. The molecule has 0 bridgehead atoms. The lowest BCUT2D eigenvalue weighted by Crippen LogP contribution is -2.11. The van der Waals surface area contributed by atoms with Gasteiger partial charge in [-0.15, -0.1) is 0 Å². The fraction of sp³-hybridized carbons (Fsp3) is 0.333. The van der Waals surface area contributed by atoms with Crippen LogP contribution in [-0.4, -0.2) is 16.6 Å². The first-order valence-corrected chi connectivity index (χ1v) is 10.3. The summed E-state index contributed by atoms with van der Waals surface area (Å²) >= 11 is 0. The number of aromatic nitrogens is 2. The fourth-order valence-electron chi connectivity index (χ4n) is 3.56. The van der Waals surface area contributed by atoms with E-state index in [9.17, 15) is 4.79 Å². The highest BCUT2D eigenvalue weighted by Crippen LogP contribution is 2.25. The topological polar surface area (TPSA) is 68.1 Å². The van der Waals surface area contributed by atoms with E-state index in [2.05, 4.69) is 23.8 Å². The highest BCUT2D eigenvalue weighted by Gasteiger charge is 2.13. The number of nitrogens with zero attached hydrogens (tertiary/aromatic N) is 1. The van der Waals surface area contributed by atoms with Gasteiger partial charge in [0.25, 0.3) is 0 Å². The zero-order valence-electron chi connectivity index (χ0n) is 16.9. The van der Waals surface area contributed by atoms with Gasteiger partial charge in [-0.05, 0) is 42.7 Å². The fourth-order valence-corrected chi connectivity index (χ4v) is 3.56. The third-order valence-corrected chi connectivity index (χ3v) is 5.39. The molecule has 1 N–H and O–H groups in total. The van der Waals surface area contributed by atoms with Gasteiger partial charge in [0.05, 0.1) is 17.5 Å². The molecule has 29 heavy (non-hydrogen) atoms. The smallest absolute Gasteiger partial charge is 0.347 e. The average Bonchev–Trinajstić information content (AvgIpc) is 3.18. The van der Waals surface area contributed by atoms with E-state index in [1.807, 2.05) is 42.5 Å². The third-order valence-electron chi connectivity index (χ3n) is 5.39. The molecule has 0 amide bonds. The van der Waals surface area contributed by atoms with Gasteiger partial charge in [0.1, 0.15) is 11.4 Å². The summed E-state index contributed by atoms with van der Waals surface area (Å²) in [7, 11) is 0. The van der Waals surface area contributed by atoms with Crippen LogP contribution in [0.25, 0.3) is 33.4 Å². The number of fused-ring (bicyclic) bond motifs is 2. The summed E-state index contributed by atoms with van der Waals surface area (Å²) in [6.07, 6.45) is 4.66. The maximum atomic E-state index is 12.6. The number of rotatable bonds is 8. The van der Waals surface area contributed by atoms with Crippen molar-refractivity contribution in [2.75, 3.05) is 6.61 Å². The summed E-state index contributed by atoms with van der Waals surface area (Å²) in [6.45, 7) is 5.05. The Morgan fingerprint density at radius 1 is 1.14 bits per heavy atom. The lowest BCUT2D eigenvalue weighted by molar-refractivity contribution is 0.233. The second-order valence-corrected chi connectivity index (χ2v) is 7.48. The van der Waals surface area contributed by atoms with Crippen molar-refractivity contribution >= 4 is 21.8 Å². The van der Waals surface area contributed by atoms with Crippen LogP contribution in [0.15, 0.2) is 57.7 Å². The molecular formula is C24H26N2O3. The molecule has 0 aliphatic rings. The van der Waals surface area contributed by atoms with E-state index >= 15 is 0 Å². The molecule has 0 saturated carbocycles. The van der Waals surface area contributed by atoms with Crippen LogP contribution in [0, 0.1) is 5.92 Å². The number of aromatic amines is 1. The molecular weight excluding hydrogens is 364 g/mol. The summed E-state index contributed by atoms with van der Waals surface area (Å²) in [5.74, 6) is 1.50. The van der Waals surface area contributed by atoms with Crippen LogP contribution >= 0.6 is 0 Å². The molecule has 0 spiro atoms. The van der Waals surface area contributed by atoms with Crippen molar-refractivity contribution < 1.29 is 9.15 Å². The van der Waals surface area contributed by atoms with Gasteiger partial charge in [-0.1, -0.05) is 51.3 Å². The molecule has 4 rings (SSSR count). The standard InChI is InChI=1S/C24H26N2O3/c1-3-5-8-16(4-2)15-28-18-11-12-21-19(14-18)24(27)29-23(26-21)22-13-17-9-6-7-10-20(17)25-22/h6-7,9-14,16,25H,3-5,8,15H2,1-2H3. The Morgan fingerprint density at radius 3 is 2.79 bits per heavy atom. The molecule has 1 atom stereocenters. The van der Waals surface area contributed by atoms with E-state index in [0.29, 0.717) is 34.9 Å². The number of nitrogens with one attached hydrogen (secondary N) is 1. The highest BCUT2D eigenvalue weighted by molar-refractivity contribution is 5.85. The number of benzene rings is 2. The molecule has 0 aliphatic heterocycles. The van der Waals surface area contributed by atoms with Gasteiger partial charge < -0.3 is 14.1 Å². The van der Waals surface area contributed by atoms with E-state index in [-0.39, 0.29) is 5.89 Å². The Morgan fingerprint density at radius 2 is 2.00 bits per heavy atom. The number of hydrogen-bond acceptors (Lipinski definition) is 4. The predicted octanol–water partition coefficient (Wildman–Crippen LogP) is 5.93. The Hall–Kier alpha value is -3.08. The van der Waals surface area contributed by atoms with Gasteiger partial charge in [-0.3, -0.25) is 0 Å². The van der Waals surface area contributed by atoms with Crippen molar-refractivity contribution in [3.63, 3.8) is 0 Å². The van der Waals surface area contributed by atoms with Gasteiger partial charge in [-0.25, -0.2) is 9.78 Å². The third kappa shape index (κ3) is 4.19. The minimum absolute atomic E-state index is 0.290. The molecule has 4 aromatic rings. The first kappa shape index (κ1) is 19.2. The van der Waals surface area contributed by atoms with Gasteiger partial charge >= 0.3 is 5.63 Å². The lowest BCUT2D eigenvalue weighted by Gasteiger charge is -2.15. The van der Waals surface area contributed by atoms with E-state index in [0.717, 1.165) is 23.7 Å². The van der Waals surface area contributed by atoms with Crippen molar-refractivity contribution in [1.29, 1.82) is 0 Å². The summed E-state index contributed by atoms with van der Waals surface area (Å²) in [5, 5.41) is 1.48. The molecule has 0 fully saturated rings. The van der Waals surface area contributed by atoms with E-state index < -0.39 is 5.63 Å². The number of H-pyrrole nitrogens is 1. The molecule has 5 heteroatoms. The van der Waals surface area contributed by atoms with Crippen molar-refractivity contribution in [2.24, 2.45) is 5.92 Å². The van der Waals surface area contributed by atoms with Crippen LogP contribution in [0.1, 0.15) is 39.5 Å². The Labute approximate surface area is 169 Å². The monoisotopic (exact) mass is 390 g/mol. The molecule has 0 aliphatic carbocycles. The molecule has 2 aromatic heterocycles. The first-order valence-electron chi connectivity index (χ1n) is 10.3. The minimum Gasteiger partial charge on any atom is -0.493 e. The average molecular weight is 390 g/mol. The molecule has 5 nitrogen and oxygen atoms in total. The van der Waals surface area contributed by atoms with Crippen LogP contribution < -0.4 is 10.4 Å². The zero-order chi connectivity index (χ0) is 20.2. The first-order chi connectivity index (χ1) is 14.2. The Bertz CT molecular complexity index is 1140. The highest BCUT2D eigenvalue weighted by atomic mass is 16.5. The SMILES string of the molecule is CCCCC(CC)COc1ccc2nc(-c3cc4ccccc4[nH]3)oc(=O)c2c1. The van der Waals surface area contributed by atoms with Crippen LogP contribution in [0.4, 0.5) is 0 Å². The molecule has 0 saturated heterocycles.